The van der Waals surface area contributed by atoms with E-state index in [0.717, 1.165) is 11.3 Å². The first kappa shape index (κ1) is 29.3. The molecular weight excluding hydrogens is 463 g/mol. The van der Waals surface area contributed by atoms with Crippen molar-refractivity contribution >= 4 is 23.4 Å². The van der Waals surface area contributed by atoms with Crippen LogP contribution in [0.15, 0.2) is 29.5 Å². The number of hydrogen-bond acceptors (Lipinski definition) is 5. The summed E-state index contributed by atoms with van der Waals surface area (Å²) in [6.45, 7) is 12.0. The molecule has 2 aliphatic rings. The molecule has 4 unspecified atom stereocenters. The van der Waals surface area contributed by atoms with Gasteiger partial charge in [0.1, 0.15) is 5.82 Å². The van der Waals surface area contributed by atoms with Gasteiger partial charge in [0.25, 0.3) is 5.91 Å². The van der Waals surface area contributed by atoms with E-state index >= 15 is 0 Å². The summed E-state index contributed by atoms with van der Waals surface area (Å²) in [4.78, 5) is 39.2. The number of carbonyl (C=O) groups is 3. The predicted octanol–water partition coefficient (Wildman–Crippen LogP) is 3.33. The van der Waals surface area contributed by atoms with Crippen molar-refractivity contribution in [3.05, 3.63) is 40.8 Å². The lowest BCUT2D eigenvalue weighted by Gasteiger charge is -2.29. The first-order valence-electron chi connectivity index (χ1n) is 12.6. The lowest BCUT2D eigenvalue weighted by Crippen LogP contribution is -2.44. The normalized spacial score (nSPS) is 23.2. The van der Waals surface area contributed by atoms with Crippen molar-refractivity contribution in [3.63, 3.8) is 0 Å². The fourth-order valence-corrected chi connectivity index (χ4v) is 4.86. The van der Waals surface area contributed by atoms with Crippen LogP contribution in [0.2, 0.25) is 0 Å². The van der Waals surface area contributed by atoms with E-state index in [0.29, 0.717) is 24.3 Å². The van der Waals surface area contributed by atoms with Crippen molar-refractivity contribution in [2.75, 3.05) is 32.6 Å². The number of nitrogens with one attached hydrogen (secondary N) is 3. The number of fused-ring (bicyclic) bond motifs is 1. The second kappa shape index (κ2) is 12.3. The third kappa shape index (κ3) is 6.24. The maximum absolute atomic E-state index is 13.9. The highest BCUT2D eigenvalue weighted by Gasteiger charge is 2.46. The summed E-state index contributed by atoms with van der Waals surface area (Å²) < 4.78 is 19.4. The molecule has 2 aliphatic heterocycles. The quantitative estimate of drug-likeness (QED) is 0.479. The Hall–Kier alpha value is -2.94. The number of anilines is 1. The van der Waals surface area contributed by atoms with Crippen LogP contribution in [-0.4, -0.2) is 62.0 Å². The van der Waals surface area contributed by atoms with Crippen molar-refractivity contribution < 1.29 is 23.5 Å². The molecule has 3 rings (SSSR count). The minimum absolute atomic E-state index is 0.000852. The fraction of sp³-hybridized carbons (Fsp3) is 0.593. The average molecular weight is 505 g/mol. The number of nitrogens with zero attached hydrogens (tertiary/aromatic N) is 1. The van der Waals surface area contributed by atoms with Crippen LogP contribution in [0, 0.1) is 11.7 Å². The minimum Gasteiger partial charge on any atom is -0.385 e. The molecule has 9 heteroatoms. The van der Waals surface area contributed by atoms with Gasteiger partial charge in [0, 0.05) is 44.5 Å². The highest BCUT2D eigenvalue weighted by atomic mass is 19.1. The van der Waals surface area contributed by atoms with E-state index in [1.54, 1.807) is 27.1 Å². The Morgan fingerprint density at radius 1 is 1.28 bits per heavy atom. The van der Waals surface area contributed by atoms with E-state index in [-0.39, 0.29) is 48.5 Å². The minimum atomic E-state index is -0.876. The van der Waals surface area contributed by atoms with E-state index in [9.17, 15) is 18.8 Å². The molecular formula is C27H41FN4O4. The lowest BCUT2D eigenvalue weighted by atomic mass is 9.75. The Morgan fingerprint density at radius 2 is 1.94 bits per heavy atom. The van der Waals surface area contributed by atoms with Crippen LogP contribution >= 0.6 is 0 Å². The zero-order valence-electron chi connectivity index (χ0n) is 22.8. The molecule has 3 N–H and O–H groups in total. The number of amides is 3. The predicted molar refractivity (Wildman–Crippen MR) is 139 cm³/mol. The molecule has 200 valence electrons. The third-order valence-electron chi connectivity index (χ3n) is 6.91. The largest absolute Gasteiger partial charge is 0.385 e. The van der Waals surface area contributed by atoms with Gasteiger partial charge < -0.3 is 25.6 Å². The second-order valence-corrected chi connectivity index (χ2v) is 9.53. The number of hydrogen-bond donors (Lipinski definition) is 3. The Labute approximate surface area is 214 Å². The van der Waals surface area contributed by atoms with Crippen LogP contribution in [0.1, 0.15) is 59.9 Å². The van der Waals surface area contributed by atoms with E-state index in [2.05, 4.69) is 16.0 Å². The lowest BCUT2D eigenvalue weighted by molar-refractivity contribution is -0.141. The summed E-state index contributed by atoms with van der Waals surface area (Å²) in [6, 6.07) is 4.27. The van der Waals surface area contributed by atoms with Gasteiger partial charge >= 0.3 is 0 Å². The molecule has 0 fully saturated rings. The van der Waals surface area contributed by atoms with Crippen LogP contribution < -0.4 is 16.0 Å². The molecule has 4 atom stereocenters. The van der Waals surface area contributed by atoms with Crippen molar-refractivity contribution in [1.82, 2.24) is 15.5 Å². The molecule has 36 heavy (non-hydrogen) atoms. The molecule has 8 nitrogen and oxygen atoms in total. The SMILES string of the molecule is CC.CCOC(CNC(=O)CC1=C(C)NC(CC2(C)C(=O)Nc3ccc(F)cc32)C1C)C(=O)N(C)C. The molecule has 2 heterocycles. The summed E-state index contributed by atoms with van der Waals surface area (Å²) in [5, 5.41) is 9.11. The summed E-state index contributed by atoms with van der Waals surface area (Å²) in [5.41, 5.74) is 2.28. The Kier molecular flexibility index (Phi) is 10.0. The van der Waals surface area contributed by atoms with Gasteiger partial charge in [-0.25, -0.2) is 4.39 Å². The molecule has 0 saturated carbocycles. The number of carbonyl (C=O) groups excluding carboxylic acids is 3. The van der Waals surface area contributed by atoms with Crippen molar-refractivity contribution in [2.24, 2.45) is 5.92 Å². The molecule has 0 aliphatic carbocycles. The van der Waals surface area contributed by atoms with Crippen LogP contribution in [-0.2, 0) is 24.5 Å². The van der Waals surface area contributed by atoms with Crippen molar-refractivity contribution in [1.29, 1.82) is 0 Å². The van der Waals surface area contributed by atoms with E-state index in [4.69, 9.17) is 4.74 Å². The molecule has 0 bridgehead atoms. The Bertz CT molecular complexity index is 1010. The van der Waals surface area contributed by atoms with Gasteiger partial charge in [-0.1, -0.05) is 20.8 Å². The van der Waals surface area contributed by atoms with Crippen LogP contribution in [0.4, 0.5) is 10.1 Å². The molecule has 0 radical (unpaired) electrons. The van der Waals surface area contributed by atoms with Crippen molar-refractivity contribution in [2.45, 2.75) is 71.9 Å². The fourth-order valence-electron chi connectivity index (χ4n) is 4.86. The van der Waals surface area contributed by atoms with Crippen molar-refractivity contribution in [3.8, 4) is 0 Å². The number of allylic oxidation sites excluding steroid dienone is 1. The first-order chi connectivity index (χ1) is 17.0. The first-order valence-corrected chi connectivity index (χ1v) is 12.6. The molecule has 0 aromatic heterocycles. The number of ether oxygens (including phenoxy) is 1. The van der Waals surface area contributed by atoms with E-state index in [1.807, 2.05) is 34.6 Å². The van der Waals surface area contributed by atoms with Gasteiger partial charge in [0.2, 0.25) is 11.8 Å². The number of benzene rings is 1. The zero-order chi connectivity index (χ0) is 27.2. The zero-order valence-corrected chi connectivity index (χ0v) is 22.8. The molecule has 0 saturated heterocycles. The number of likely N-dealkylation sites (N-methyl/N-ethyl adjacent to an activating group) is 1. The maximum atomic E-state index is 13.9. The third-order valence-corrected chi connectivity index (χ3v) is 6.91. The van der Waals surface area contributed by atoms with E-state index in [1.165, 1.54) is 17.0 Å². The molecule has 1 aromatic carbocycles. The van der Waals surface area contributed by atoms with Gasteiger partial charge in [-0.3, -0.25) is 14.4 Å². The highest BCUT2D eigenvalue weighted by Crippen LogP contribution is 2.44. The highest BCUT2D eigenvalue weighted by molar-refractivity contribution is 6.06. The topological polar surface area (TPSA) is 99.8 Å². The standard InChI is InChI=1S/C25H35FN4O4.C2H6/c1-7-34-21(23(32)30(5)6)13-27-22(31)11-17-14(2)20(28-15(17)3)12-25(4)18-10-16(26)8-9-19(18)29-24(25)33;1-2/h8-10,14,20-21,28H,7,11-13H2,1-6H3,(H,27,31)(H,29,33);1-2H3. The molecule has 1 aromatic rings. The molecule has 0 spiro atoms. The second-order valence-electron chi connectivity index (χ2n) is 9.53. The summed E-state index contributed by atoms with van der Waals surface area (Å²) in [7, 11) is 3.29. The Morgan fingerprint density at radius 3 is 2.56 bits per heavy atom. The van der Waals surface area contributed by atoms with Gasteiger partial charge in [-0.05, 0) is 62.4 Å². The van der Waals surface area contributed by atoms with Gasteiger partial charge in [-0.15, -0.1) is 0 Å². The van der Waals surface area contributed by atoms with Crippen LogP contribution in [0.25, 0.3) is 0 Å². The molecule has 3 amide bonds. The maximum Gasteiger partial charge on any atom is 0.253 e. The Balaban J connectivity index is 0.00000222. The smallest absolute Gasteiger partial charge is 0.253 e. The van der Waals surface area contributed by atoms with Gasteiger partial charge in [0.15, 0.2) is 6.10 Å². The van der Waals surface area contributed by atoms with E-state index < -0.39 is 11.5 Å². The monoisotopic (exact) mass is 504 g/mol. The summed E-state index contributed by atoms with van der Waals surface area (Å²) in [6.07, 6.45) is -0.0883. The number of rotatable bonds is 9. The van der Waals surface area contributed by atoms with Crippen LogP contribution in [0.3, 0.4) is 0 Å². The average Bonchev–Trinajstić information content (AvgIpc) is 3.24. The van der Waals surface area contributed by atoms with Crippen LogP contribution in [0.5, 0.6) is 0 Å². The van der Waals surface area contributed by atoms with Gasteiger partial charge in [0.05, 0.1) is 12.0 Å². The van der Waals surface area contributed by atoms with Gasteiger partial charge in [-0.2, -0.15) is 0 Å². The summed E-state index contributed by atoms with van der Waals surface area (Å²) >= 11 is 0. The number of halogens is 1. The summed E-state index contributed by atoms with van der Waals surface area (Å²) in [5.74, 6) is -0.929.